The number of nitrogens with zero attached hydrogens (tertiary/aromatic N) is 2. The summed E-state index contributed by atoms with van der Waals surface area (Å²) in [6.45, 7) is 1.37. The zero-order chi connectivity index (χ0) is 13.1. The van der Waals surface area contributed by atoms with Gasteiger partial charge >= 0.3 is 0 Å². The summed E-state index contributed by atoms with van der Waals surface area (Å²) in [5.41, 5.74) is 0.916. The number of hydrogen-bond donors (Lipinski definition) is 1. The van der Waals surface area contributed by atoms with Gasteiger partial charge in [-0.15, -0.1) is 0 Å². The minimum absolute atomic E-state index is 0.169. The van der Waals surface area contributed by atoms with Crippen molar-refractivity contribution in [3.8, 4) is 0 Å². The molecule has 0 fully saturated rings. The lowest BCUT2D eigenvalue weighted by molar-refractivity contribution is 0.280. The average Bonchev–Trinajstić information content (AvgIpc) is 2.33. The van der Waals surface area contributed by atoms with Crippen LogP contribution in [0.25, 0.3) is 0 Å². The number of aryl methyl sites for hydroxylation is 1. The first-order valence-corrected chi connectivity index (χ1v) is 5.98. The van der Waals surface area contributed by atoms with Crippen LogP contribution >= 0.6 is 11.8 Å². The summed E-state index contributed by atoms with van der Waals surface area (Å²) in [6.07, 6.45) is 1.53. The molecule has 1 N–H and O–H groups in total. The summed E-state index contributed by atoms with van der Waals surface area (Å²) in [5, 5.41) is 9.12. The second-order valence-corrected chi connectivity index (χ2v) is 4.61. The molecular weight excluding hydrogens is 258 g/mol. The van der Waals surface area contributed by atoms with Gasteiger partial charge in [-0.2, -0.15) is 0 Å². The maximum Gasteiger partial charge on any atom is 0.192 e. The van der Waals surface area contributed by atoms with E-state index in [9.17, 15) is 8.78 Å². The molecule has 1 heterocycles. The van der Waals surface area contributed by atoms with Crippen LogP contribution in [0.5, 0.6) is 0 Å². The number of halogens is 2. The van der Waals surface area contributed by atoms with Crippen molar-refractivity contribution in [2.24, 2.45) is 0 Å². The van der Waals surface area contributed by atoms with Crippen LogP contribution in [0, 0.1) is 18.6 Å². The van der Waals surface area contributed by atoms with Crippen molar-refractivity contribution in [2.75, 3.05) is 0 Å². The summed E-state index contributed by atoms with van der Waals surface area (Å²) < 4.78 is 27.3. The fourth-order valence-electron chi connectivity index (χ4n) is 1.37. The van der Waals surface area contributed by atoms with Gasteiger partial charge in [-0.1, -0.05) is 0 Å². The topological polar surface area (TPSA) is 46.0 Å². The van der Waals surface area contributed by atoms with E-state index in [1.54, 1.807) is 13.0 Å². The third kappa shape index (κ3) is 2.83. The number of aromatic nitrogens is 2. The minimum Gasteiger partial charge on any atom is -0.392 e. The normalized spacial score (nSPS) is 10.7. The van der Waals surface area contributed by atoms with Crippen molar-refractivity contribution in [3.05, 3.63) is 47.3 Å². The maximum absolute atomic E-state index is 13.7. The van der Waals surface area contributed by atoms with Crippen LogP contribution in [-0.2, 0) is 6.61 Å². The Labute approximate surface area is 107 Å². The van der Waals surface area contributed by atoms with E-state index in [0.717, 1.165) is 29.6 Å². The molecule has 18 heavy (non-hydrogen) atoms. The number of hydrogen-bond acceptors (Lipinski definition) is 4. The number of benzene rings is 1. The lowest BCUT2D eigenvalue weighted by Crippen LogP contribution is -1.95. The number of aliphatic hydroxyl groups is 1. The van der Waals surface area contributed by atoms with Gasteiger partial charge in [-0.05, 0) is 42.4 Å². The number of aliphatic hydroxyl groups excluding tert-OH is 1. The van der Waals surface area contributed by atoms with Crippen molar-refractivity contribution in [1.29, 1.82) is 0 Å². The molecule has 0 unspecified atom stereocenters. The van der Waals surface area contributed by atoms with Gasteiger partial charge in [0.25, 0.3) is 0 Å². The first-order chi connectivity index (χ1) is 8.60. The molecule has 0 bridgehead atoms. The monoisotopic (exact) mass is 268 g/mol. The van der Waals surface area contributed by atoms with Gasteiger partial charge in [0.15, 0.2) is 5.16 Å². The Morgan fingerprint density at radius 3 is 2.50 bits per heavy atom. The van der Waals surface area contributed by atoms with E-state index in [1.165, 1.54) is 6.20 Å². The van der Waals surface area contributed by atoms with Crippen LogP contribution in [0.15, 0.2) is 34.4 Å². The number of rotatable bonds is 3. The summed E-state index contributed by atoms with van der Waals surface area (Å²) in [7, 11) is 0. The fourth-order valence-corrected chi connectivity index (χ4v) is 2.17. The molecule has 0 radical (unpaired) electrons. The van der Waals surface area contributed by atoms with Crippen molar-refractivity contribution >= 4 is 11.8 Å². The fraction of sp³-hybridized carbons (Fsp3) is 0.167. The van der Waals surface area contributed by atoms with Crippen LogP contribution in [0.2, 0.25) is 0 Å². The Morgan fingerprint density at radius 1 is 1.28 bits per heavy atom. The van der Waals surface area contributed by atoms with Crippen LogP contribution in [0.3, 0.4) is 0 Å². The Morgan fingerprint density at radius 2 is 1.94 bits per heavy atom. The van der Waals surface area contributed by atoms with E-state index in [0.29, 0.717) is 0 Å². The van der Waals surface area contributed by atoms with E-state index in [2.05, 4.69) is 9.97 Å². The van der Waals surface area contributed by atoms with Gasteiger partial charge in [-0.3, -0.25) is 0 Å². The van der Waals surface area contributed by atoms with Gasteiger partial charge < -0.3 is 5.11 Å². The third-order valence-electron chi connectivity index (χ3n) is 2.21. The molecule has 6 heteroatoms. The highest BCUT2D eigenvalue weighted by Crippen LogP contribution is 2.30. The van der Waals surface area contributed by atoms with Crippen molar-refractivity contribution in [3.63, 3.8) is 0 Å². The molecule has 3 nitrogen and oxygen atoms in total. The van der Waals surface area contributed by atoms with Gasteiger partial charge in [0, 0.05) is 11.9 Å². The lowest BCUT2D eigenvalue weighted by Gasteiger charge is -2.06. The summed E-state index contributed by atoms with van der Waals surface area (Å²) in [6, 6.07) is 3.90. The van der Waals surface area contributed by atoms with E-state index in [-0.39, 0.29) is 15.6 Å². The smallest absolute Gasteiger partial charge is 0.192 e. The van der Waals surface area contributed by atoms with E-state index < -0.39 is 18.2 Å². The first-order valence-electron chi connectivity index (χ1n) is 5.16. The molecule has 0 atom stereocenters. The Hall–Kier alpha value is -1.53. The van der Waals surface area contributed by atoms with Crippen molar-refractivity contribution in [2.45, 2.75) is 23.6 Å². The minimum atomic E-state index is -0.728. The van der Waals surface area contributed by atoms with Gasteiger partial charge in [0.05, 0.1) is 11.5 Å². The summed E-state index contributed by atoms with van der Waals surface area (Å²) >= 11 is 0.820. The van der Waals surface area contributed by atoms with Gasteiger partial charge in [0.1, 0.15) is 11.6 Å². The van der Waals surface area contributed by atoms with Crippen LogP contribution in [0.4, 0.5) is 8.78 Å². The average molecular weight is 268 g/mol. The molecule has 0 aliphatic rings. The SMILES string of the molecule is Cc1ccnc(Sc2c(F)cc(CO)cc2F)n1. The van der Waals surface area contributed by atoms with Crippen molar-refractivity contribution < 1.29 is 13.9 Å². The largest absolute Gasteiger partial charge is 0.392 e. The Bertz CT molecular complexity index is 555. The lowest BCUT2D eigenvalue weighted by atomic mass is 10.2. The molecule has 1 aromatic heterocycles. The summed E-state index contributed by atoms with van der Waals surface area (Å²) in [5.74, 6) is -1.46. The maximum atomic E-state index is 13.7. The van der Waals surface area contributed by atoms with Crippen molar-refractivity contribution in [1.82, 2.24) is 9.97 Å². The molecule has 94 valence electrons. The highest BCUT2D eigenvalue weighted by Gasteiger charge is 2.14. The van der Waals surface area contributed by atoms with Crippen LogP contribution in [0.1, 0.15) is 11.3 Å². The highest BCUT2D eigenvalue weighted by molar-refractivity contribution is 7.99. The first kappa shape index (κ1) is 12.9. The molecule has 1 aromatic carbocycles. The zero-order valence-electron chi connectivity index (χ0n) is 9.52. The standard InChI is InChI=1S/C12H10F2N2OS/c1-7-2-3-15-12(16-7)18-11-9(13)4-8(6-17)5-10(11)14/h2-5,17H,6H2,1H3. The predicted molar refractivity (Wildman–Crippen MR) is 63.2 cm³/mol. The quantitative estimate of drug-likeness (QED) is 0.869. The molecule has 2 aromatic rings. The van der Waals surface area contributed by atoms with Crippen LogP contribution in [-0.4, -0.2) is 15.1 Å². The molecule has 0 saturated heterocycles. The van der Waals surface area contributed by atoms with Gasteiger partial charge in [0.2, 0.25) is 0 Å². The van der Waals surface area contributed by atoms with E-state index in [1.807, 2.05) is 0 Å². The molecular formula is C12H10F2N2OS. The Balaban J connectivity index is 2.35. The molecule has 0 amide bonds. The second-order valence-electron chi connectivity index (χ2n) is 3.63. The Kier molecular flexibility index (Phi) is 3.88. The predicted octanol–water partition coefficient (Wildman–Crippen LogP) is 2.71. The van der Waals surface area contributed by atoms with Gasteiger partial charge in [-0.25, -0.2) is 18.7 Å². The summed E-state index contributed by atoms with van der Waals surface area (Å²) in [4.78, 5) is 7.82. The van der Waals surface area contributed by atoms with E-state index >= 15 is 0 Å². The van der Waals surface area contributed by atoms with E-state index in [4.69, 9.17) is 5.11 Å². The third-order valence-corrected chi connectivity index (χ3v) is 3.18. The second kappa shape index (κ2) is 5.41. The molecule has 0 saturated carbocycles. The zero-order valence-corrected chi connectivity index (χ0v) is 10.3. The molecule has 0 aliphatic heterocycles. The van der Waals surface area contributed by atoms with Crippen LogP contribution < -0.4 is 0 Å². The molecule has 2 rings (SSSR count). The highest BCUT2D eigenvalue weighted by atomic mass is 32.2. The molecule has 0 spiro atoms. The molecule has 0 aliphatic carbocycles.